The van der Waals surface area contributed by atoms with Gasteiger partial charge in [-0.1, -0.05) is 41.4 Å². The third kappa shape index (κ3) is 5.95. The van der Waals surface area contributed by atoms with Crippen LogP contribution in [0.3, 0.4) is 0 Å². The highest BCUT2D eigenvalue weighted by atomic mass is 35.5. The zero-order valence-corrected chi connectivity index (χ0v) is 17.7. The summed E-state index contributed by atoms with van der Waals surface area (Å²) in [4.78, 5) is 29.8. The largest absolute Gasteiger partial charge is 0.367 e. The lowest BCUT2D eigenvalue weighted by atomic mass is 10.2. The molecule has 2 aromatic rings. The Labute approximate surface area is 177 Å². The predicted molar refractivity (Wildman–Crippen MR) is 117 cm³/mol. The molecule has 2 N–H and O–H groups in total. The molecule has 0 saturated carbocycles. The van der Waals surface area contributed by atoms with Crippen molar-refractivity contribution in [2.24, 2.45) is 0 Å². The number of rotatable bonds is 6. The lowest BCUT2D eigenvalue weighted by Gasteiger charge is -2.36. The maximum absolute atomic E-state index is 12.6. The van der Waals surface area contributed by atoms with Crippen LogP contribution in [-0.4, -0.2) is 63.0 Å². The second kappa shape index (κ2) is 9.76. The Balaban J connectivity index is 1.43. The van der Waals surface area contributed by atoms with Crippen LogP contribution >= 0.6 is 11.6 Å². The summed E-state index contributed by atoms with van der Waals surface area (Å²) in [6, 6.07) is 15.4. The van der Waals surface area contributed by atoms with Crippen molar-refractivity contribution < 1.29 is 14.5 Å². The Bertz CT molecular complexity index is 848. The van der Waals surface area contributed by atoms with E-state index in [0.29, 0.717) is 19.6 Å². The van der Waals surface area contributed by atoms with E-state index in [1.807, 2.05) is 67.4 Å². The third-order valence-corrected chi connectivity index (χ3v) is 5.40. The van der Waals surface area contributed by atoms with Crippen LogP contribution in [0.1, 0.15) is 5.56 Å². The monoisotopic (exact) mass is 415 g/mol. The fourth-order valence-corrected chi connectivity index (χ4v) is 3.71. The van der Waals surface area contributed by atoms with Crippen LogP contribution in [0.4, 0.5) is 11.4 Å². The minimum Gasteiger partial charge on any atom is -0.367 e. The number of aryl methyl sites for hydroxylation is 1. The van der Waals surface area contributed by atoms with E-state index < -0.39 is 0 Å². The minimum absolute atomic E-state index is 0.0736. The zero-order valence-electron chi connectivity index (χ0n) is 17.0. The summed E-state index contributed by atoms with van der Waals surface area (Å²) in [7, 11) is 1.87. The molecule has 6 nitrogen and oxygen atoms in total. The highest BCUT2D eigenvalue weighted by Crippen LogP contribution is 2.25. The smallest absolute Gasteiger partial charge is 0.279 e. The Morgan fingerprint density at radius 3 is 2.31 bits per heavy atom. The van der Waals surface area contributed by atoms with Crippen LogP contribution in [0.5, 0.6) is 0 Å². The first-order valence-corrected chi connectivity index (χ1v) is 10.3. The second-order valence-electron chi connectivity index (χ2n) is 7.54. The highest BCUT2D eigenvalue weighted by molar-refractivity contribution is 6.33. The van der Waals surface area contributed by atoms with Crippen LogP contribution in [0.25, 0.3) is 0 Å². The molecule has 1 saturated heterocycles. The van der Waals surface area contributed by atoms with Crippen molar-refractivity contribution in [3.8, 4) is 0 Å². The molecule has 1 fully saturated rings. The number of carbonyl (C=O) groups excluding carboxylic acids is 2. The number of carbonyl (C=O) groups is 2. The van der Waals surface area contributed by atoms with Gasteiger partial charge in [0, 0.05) is 31.9 Å². The number of benzene rings is 2. The van der Waals surface area contributed by atoms with E-state index in [4.69, 9.17) is 11.6 Å². The maximum Gasteiger partial charge on any atom is 0.279 e. The molecule has 0 radical (unpaired) electrons. The first-order chi connectivity index (χ1) is 13.9. The van der Waals surface area contributed by atoms with Crippen LogP contribution in [0, 0.1) is 6.92 Å². The number of para-hydroxylation sites is 1. The lowest BCUT2D eigenvalue weighted by Crippen LogP contribution is -3.11. The molecular formula is C22H28ClN4O2+. The molecule has 2 amide bonds. The number of nitrogens with zero attached hydrogens (tertiary/aromatic N) is 2. The summed E-state index contributed by atoms with van der Waals surface area (Å²) in [5.41, 5.74) is 2.93. The van der Waals surface area contributed by atoms with Gasteiger partial charge in [0.1, 0.15) is 0 Å². The molecule has 0 bridgehead atoms. The number of piperazine rings is 1. The number of halogens is 1. The number of anilines is 2. The van der Waals surface area contributed by atoms with Crippen LogP contribution in [0.2, 0.25) is 5.02 Å². The number of nitrogens with one attached hydrogen (secondary N) is 2. The van der Waals surface area contributed by atoms with Crippen molar-refractivity contribution in [2.75, 3.05) is 56.5 Å². The van der Waals surface area contributed by atoms with Crippen molar-refractivity contribution in [3.05, 3.63) is 59.1 Å². The molecule has 0 aliphatic carbocycles. The van der Waals surface area contributed by atoms with Gasteiger partial charge in [-0.2, -0.15) is 0 Å². The predicted octanol–water partition coefficient (Wildman–Crippen LogP) is 1.45. The summed E-state index contributed by atoms with van der Waals surface area (Å²) >= 11 is 6.28. The number of hydrogen-bond donors (Lipinski definition) is 2. The van der Waals surface area contributed by atoms with Gasteiger partial charge in [0.25, 0.3) is 11.8 Å². The van der Waals surface area contributed by atoms with E-state index >= 15 is 0 Å². The fraction of sp³-hybridized carbons (Fsp3) is 0.364. The van der Waals surface area contributed by atoms with Crippen molar-refractivity contribution in [2.45, 2.75) is 6.92 Å². The second-order valence-corrected chi connectivity index (χ2v) is 7.95. The quantitative estimate of drug-likeness (QED) is 0.750. The maximum atomic E-state index is 12.6. The van der Waals surface area contributed by atoms with Gasteiger partial charge in [-0.05, 0) is 31.2 Å². The summed E-state index contributed by atoms with van der Waals surface area (Å²) < 4.78 is 0. The van der Waals surface area contributed by atoms with Gasteiger partial charge in [-0.3, -0.25) is 9.59 Å². The van der Waals surface area contributed by atoms with Gasteiger partial charge in [0.05, 0.1) is 17.8 Å². The SMILES string of the molecule is Cc1ccc(NC(=O)C[NH+](C)CC(=O)N2CCN(c3ccccc3Cl)CC2)cc1. The van der Waals surface area contributed by atoms with Crippen molar-refractivity contribution >= 4 is 34.8 Å². The highest BCUT2D eigenvalue weighted by Gasteiger charge is 2.25. The Kier molecular flexibility index (Phi) is 7.12. The molecule has 154 valence electrons. The number of hydrogen-bond acceptors (Lipinski definition) is 3. The van der Waals surface area contributed by atoms with E-state index in [0.717, 1.165) is 40.0 Å². The average Bonchev–Trinajstić information content (AvgIpc) is 2.70. The summed E-state index contributed by atoms with van der Waals surface area (Å²) in [5, 5.41) is 3.61. The molecule has 7 heteroatoms. The molecule has 1 aliphatic rings. The minimum atomic E-state index is -0.0947. The molecule has 3 rings (SSSR count). The molecular weight excluding hydrogens is 388 g/mol. The number of amides is 2. The number of likely N-dealkylation sites (N-methyl/N-ethyl adjacent to an activating group) is 1. The topological polar surface area (TPSA) is 57.1 Å². The van der Waals surface area contributed by atoms with Crippen molar-refractivity contribution in [3.63, 3.8) is 0 Å². The Hall–Kier alpha value is -2.57. The Morgan fingerprint density at radius 2 is 1.66 bits per heavy atom. The zero-order chi connectivity index (χ0) is 20.8. The molecule has 29 heavy (non-hydrogen) atoms. The van der Waals surface area contributed by atoms with Gasteiger partial charge >= 0.3 is 0 Å². The first kappa shape index (κ1) is 21.1. The first-order valence-electron chi connectivity index (χ1n) is 9.87. The van der Waals surface area contributed by atoms with Crippen LogP contribution in [-0.2, 0) is 9.59 Å². The summed E-state index contributed by atoms with van der Waals surface area (Å²) in [6.07, 6.45) is 0. The van der Waals surface area contributed by atoms with Crippen molar-refractivity contribution in [1.82, 2.24) is 4.90 Å². The summed E-state index contributed by atoms with van der Waals surface area (Å²) in [5.74, 6) is -0.0212. The molecule has 0 spiro atoms. The molecule has 1 unspecified atom stereocenters. The van der Waals surface area contributed by atoms with Crippen LogP contribution in [0.15, 0.2) is 48.5 Å². The van der Waals surface area contributed by atoms with E-state index in [-0.39, 0.29) is 18.4 Å². The average molecular weight is 416 g/mol. The van der Waals surface area contributed by atoms with Crippen molar-refractivity contribution in [1.29, 1.82) is 0 Å². The van der Waals surface area contributed by atoms with Gasteiger partial charge in [-0.15, -0.1) is 0 Å². The molecule has 1 aliphatic heterocycles. The van der Waals surface area contributed by atoms with E-state index in [9.17, 15) is 9.59 Å². The molecule has 1 heterocycles. The van der Waals surface area contributed by atoms with Crippen LogP contribution < -0.4 is 15.1 Å². The van der Waals surface area contributed by atoms with E-state index in [2.05, 4.69) is 10.2 Å². The van der Waals surface area contributed by atoms with Gasteiger partial charge < -0.3 is 20.0 Å². The lowest BCUT2D eigenvalue weighted by molar-refractivity contribution is -0.862. The fourth-order valence-electron chi connectivity index (χ4n) is 3.45. The van der Waals surface area contributed by atoms with Gasteiger partial charge in [0.2, 0.25) is 0 Å². The van der Waals surface area contributed by atoms with E-state index in [1.54, 1.807) is 0 Å². The number of quaternary nitrogens is 1. The Morgan fingerprint density at radius 1 is 1.00 bits per heavy atom. The van der Waals surface area contributed by atoms with E-state index in [1.165, 1.54) is 0 Å². The van der Waals surface area contributed by atoms with Gasteiger partial charge in [0.15, 0.2) is 13.1 Å². The van der Waals surface area contributed by atoms with Gasteiger partial charge in [-0.25, -0.2) is 0 Å². The molecule has 1 atom stereocenters. The molecule has 0 aromatic heterocycles. The normalized spacial score (nSPS) is 15.1. The molecule has 2 aromatic carbocycles. The summed E-state index contributed by atoms with van der Waals surface area (Å²) in [6.45, 7) is 5.38. The third-order valence-electron chi connectivity index (χ3n) is 5.08. The standard InChI is InChI=1S/C22H27ClN4O2/c1-17-7-9-18(10-8-17)24-21(28)15-25(2)16-22(29)27-13-11-26(12-14-27)20-6-4-3-5-19(20)23/h3-10H,11-16H2,1-2H3,(H,24,28)/p+1.